The Morgan fingerprint density at radius 2 is 2.32 bits per heavy atom. The smallest absolute Gasteiger partial charge is 0.141 e. The van der Waals surface area contributed by atoms with Crippen molar-refractivity contribution in [1.29, 1.82) is 0 Å². The van der Waals surface area contributed by atoms with Gasteiger partial charge >= 0.3 is 0 Å². The van der Waals surface area contributed by atoms with E-state index in [1.165, 1.54) is 25.8 Å². The van der Waals surface area contributed by atoms with Gasteiger partial charge in [0.05, 0.1) is 6.54 Å². The van der Waals surface area contributed by atoms with Gasteiger partial charge < -0.3 is 5.32 Å². The van der Waals surface area contributed by atoms with E-state index in [0.29, 0.717) is 6.04 Å². The minimum atomic E-state index is 0.653. The number of hydrogen-bond acceptors (Lipinski definition) is 4. The van der Waals surface area contributed by atoms with Crippen LogP contribution < -0.4 is 5.32 Å². The number of nitrogens with one attached hydrogen (secondary N) is 1. The molecular weight excluding hydrogens is 238 g/mol. The molecule has 0 bridgehead atoms. The lowest BCUT2D eigenvalue weighted by molar-refractivity contribution is 0.152. The van der Waals surface area contributed by atoms with Crippen LogP contribution in [-0.2, 0) is 13.1 Å². The predicted octanol–water partition coefficient (Wildman–Crippen LogP) is 1.65. The summed E-state index contributed by atoms with van der Waals surface area (Å²) in [7, 11) is 0. The predicted molar refractivity (Wildman–Crippen MR) is 76.9 cm³/mol. The second-order valence-electron chi connectivity index (χ2n) is 5.37. The average Bonchev–Trinajstić information content (AvgIpc) is 2.87. The minimum Gasteiger partial charge on any atom is -0.315 e. The van der Waals surface area contributed by atoms with Gasteiger partial charge in [-0.25, -0.2) is 9.67 Å². The third-order valence-electron chi connectivity index (χ3n) is 3.77. The molecule has 1 atom stereocenters. The Labute approximate surface area is 116 Å². The molecule has 2 heterocycles. The van der Waals surface area contributed by atoms with E-state index in [-0.39, 0.29) is 0 Å². The molecule has 0 spiro atoms. The summed E-state index contributed by atoms with van der Waals surface area (Å²) in [5.74, 6) is 1.11. The highest BCUT2D eigenvalue weighted by atomic mass is 15.3. The Kier molecular flexibility index (Phi) is 5.79. The van der Waals surface area contributed by atoms with Gasteiger partial charge in [0.25, 0.3) is 0 Å². The first kappa shape index (κ1) is 14.5. The van der Waals surface area contributed by atoms with Crippen LogP contribution in [0.1, 0.15) is 45.4 Å². The van der Waals surface area contributed by atoms with Crippen LogP contribution in [0.25, 0.3) is 0 Å². The summed E-state index contributed by atoms with van der Waals surface area (Å²) in [6.45, 7) is 9.76. The molecule has 5 heteroatoms. The highest BCUT2D eigenvalue weighted by Gasteiger charge is 2.21. The first-order valence-electron chi connectivity index (χ1n) is 7.66. The maximum Gasteiger partial charge on any atom is 0.141 e. The lowest BCUT2D eigenvalue weighted by Crippen LogP contribution is -2.46. The molecule has 1 aromatic heterocycles. The highest BCUT2D eigenvalue weighted by Crippen LogP contribution is 2.14. The maximum absolute atomic E-state index is 4.44. The number of nitrogens with zero attached hydrogens (tertiary/aromatic N) is 4. The molecule has 1 unspecified atom stereocenters. The lowest BCUT2D eigenvalue weighted by Gasteiger charge is -2.34. The Balaban J connectivity index is 2.00. The topological polar surface area (TPSA) is 46.0 Å². The molecule has 5 nitrogen and oxygen atoms in total. The van der Waals surface area contributed by atoms with Crippen molar-refractivity contribution in [2.45, 2.75) is 58.7 Å². The van der Waals surface area contributed by atoms with Gasteiger partial charge in [-0.3, -0.25) is 4.90 Å². The van der Waals surface area contributed by atoms with Gasteiger partial charge in [0.15, 0.2) is 0 Å². The van der Waals surface area contributed by atoms with Crippen molar-refractivity contribution < 1.29 is 0 Å². The van der Waals surface area contributed by atoms with Gasteiger partial charge in [-0.2, -0.15) is 5.10 Å². The van der Waals surface area contributed by atoms with Crippen LogP contribution >= 0.6 is 0 Å². The molecule has 0 aliphatic carbocycles. The summed E-state index contributed by atoms with van der Waals surface area (Å²) < 4.78 is 2.05. The van der Waals surface area contributed by atoms with Crippen LogP contribution in [0.2, 0.25) is 0 Å². The zero-order chi connectivity index (χ0) is 13.5. The molecule has 1 aliphatic rings. The molecule has 0 radical (unpaired) electrons. The molecular formula is C14H27N5. The van der Waals surface area contributed by atoms with Crippen molar-refractivity contribution in [3.63, 3.8) is 0 Å². The fourth-order valence-electron chi connectivity index (χ4n) is 2.81. The summed E-state index contributed by atoms with van der Waals surface area (Å²) in [5, 5.41) is 7.84. The largest absolute Gasteiger partial charge is 0.315 e. The zero-order valence-electron chi connectivity index (χ0n) is 12.3. The fraction of sp³-hybridized carbons (Fsp3) is 0.857. The van der Waals surface area contributed by atoms with Crippen LogP contribution in [0.15, 0.2) is 6.33 Å². The van der Waals surface area contributed by atoms with Gasteiger partial charge in [-0.05, 0) is 38.8 Å². The van der Waals surface area contributed by atoms with Gasteiger partial charge in [-0.15, -0.1) is 0 Å². The van der Waals surface area contributed by atoms with E-state index in [1.807, 2.05) is 0 Å². The quantitative estimate of drug-likeness (QED) is 0.814. The SMILES string of the molecule is CCCN(Cc1ncnn1CCC)C1CCCNC1. The molecule has 2 rings (SSSR count). The fourth-order valence-corrected chi connectivity index (χ4v) is 2.81. The lowest BCUT2D eigenvalue weighted by atomic mass is 10.1. The van der Waals surface area contributed by atoms with Crippen LogP contribution in [0.5, 0.6) is 0 Å². The standard InChI is InChI=1S/C14H27N5/c1-3-8-18(13-6-5-7-15-10-13)11-14-16-12-17-19(14)9-4-2/h12-13,15H,3-11H2,1-2H3. The number of piperidine rings is 1. The molecule has 1 aromatic rings. The minimum absolute atomic E-state index is 0.653. The molecule has 0 saturated carbocycles. The van der Waals surface area contributed by atoms with Crippen molar-refractivity contribution in [3.8, 4) is 0 Å². The Morgan fingerprint density at radius 3 is 3.00 bits per heavy atom. The van der Waals surface area contributed by atoms with Gasteiger partial charge in [0.2, 0.25) is 0 Å². The van der Waals surface area contributed by atoms with Crippen LogP contribution in [0.3, 0.4) is 0 Å². The first-order valence-corrected chi connectivity index (χ1v) is 7.66. The highest BCUT2D eigenvalue weighted by molar-refractivity contribution is 4.88. The number of aryl methyl sites for hydroxylation is 1. The monoisotopic (exact) mass is 265 g/mol. The van der Waals surface area contributed by atoms with E-state index in [9.17, 15) is 0 Å². The molecule has 19 heavy (non-hydrogen) atoms. The Morgan fingerprint density at radius 1 is 1.42 bits per heavy atom. The average molecular weight is 265 g/mol. The van der Waals surface area contributed by atoms with E-state index < -0.39 is 0 Å². The second kappa shape index (κ2) is 7.60. The molecule has 1 aliphatic heterocycles. The first-order chi connectivity index (χ1) is 9.35. The van der Waals surface area contributed by atoms with Crippen LogP contribution in [0, 0.1) is 0 Å². The molecule has 1 N–H and O–H groups in total. The number of hydrogen-bond donors (Lipinski definition) is 1. The Hall–Kier alpha value is -0.940. The normalized spacial score (nSPS) is 20.1. The van der Waals surface area contributed by atoms with E-state index in [1.54, 1.807) is 6.33 Å². The maximum atomic E-state index is 4.44. The summed E-state index contributed by atoms with van der Waals surface area (Å²) in [6.07, 6.45) is 6.57. The van der Waals surface area contributed by atoms with Crippen molar-refractivity contribution >= 4 is 0 Å². The molecule has 108 valence electrons. The van der Waals surface area contributed by atoms with Gasteiger partial charge in [0.1, 0.15) is 12.2 Å². The third-order valence-corrected chi connectivity index (χ3v) is 3.77. The molecule has 1 saturated heterocycles. The third kappa shape index (κ3) is 4.01. The summed E-state index contributed by atoms with van der Waals surface area (Å²) in [5.41, 5.74) is 0. The molecule has 0 amide bonds. The summed E-state index contributed by atoms with van der Waals surface area (Å²) >= 11 is 0. The van der Waals surface area contributed by atoms with E-state index >= 15 is 0 Å². The summed E-state index contributed by atoms with van der Waals surface area (Å²) in [6, 6.07) is 0.653. The van der Waals surface area contributed by atoms with Gasteiger partial charge in [-0.1, -0.05) is 13.8 Å². The van der Waals surface area contributed by atoms with Crippen LogP contribution in [0.4, 0.5) is 0 Å². The van der Waals surface area contributed by atoms with E-state index in [4.69, 9.17) is 0 Å². The second-order valence-corrected chi connectivity index (χ2v) is 5.37. The number of aromatic nitrogens is 3. The van der Waals surface area contributed by atoms with Gasteiger partial charge in [0, 0.05) is 19.1 Å². The molecule has 0 aromatic carbocycles. The van der Waals surface area contributed by atoms with E-state index in [0.717, 1.165) is 38.4 Å². The molecule has 1 fully saturated rings. The zero-order valence-corrected chi connectivity index (χ0v) is 12.3. The summed E-state index contributed by atoms with van der Waals surface area (Å²) in [4.78, 5) is 7.01. The van der Waals surface area contributed by atoms with Crippen molar-refractivity contribution in [2.24, 2.45) is 0 Å². The van der Waals surface area contributed by atoms with E-state index in [2.05, 4.69) is 38.8 Å². The van der Waals surface area contributed by atoms with Crippen molar-refractivity contribution in [3.05, 3.63) is 12.2 Å². The van der Waals surface area contributed by atoms with Crippen LogP contribution in [-0.4, -0.2) is 45.3 Å². The number of rotatable bonds is 7. The van der Waals surface area contributed by atoms with Crippen molar-refractivity contribution in [1.82, 2.24) is 25.0 Å². The Bertz CT molecular complexity index is 356. The van der Waals surface area contributed by atoms with Crippen molar-refractivity contribution in [2.75, 3.05) is 19.6 Å².